The number of nitrogens with one attached hydrogen (secondary N) is 1. The van der Waals surface area contributed by atoms with Crippen LogP contribution in [0.15, 0.2) is 0 Å². The minimum atomic E-state index is -0.00995. The summed E-state index contributed by atoms with van der Waals surface area (Å²) in [5.74, 6) is 0.724. The summed E-state index contributed by atoms with van der Waals surface area (Å²) in [5.41, 5.74) is -0.00995. The molecule has 0 amide bonds. The second-order valence-electron chi connectivity index (χ2n) is 6.52. The molecule has 1 aliphatic rings. The van der Waals surface area contributed by atoms with Gasteiger partial charge in [0.2, 0.25) is 0 Å². The lowest BCUT2D eigenvalue weighted by molar-refractivity contribution is -0.136. The van der Waals surface area contributed by atoms with Gasteiger partial charge >= 0.3 is 0 Å². The Kier molecular flexibility index (Phi) is 5.42. The monoisotopic (exact) mass is 242 g/mol. The Morgan fingerprint density at radius 3 is 2.47 bits per heavy atom. The third-order valence-electron chi connectivity index (χ3n) is 3.21. The third-order valence-corrected chi connectivity index (χ3v) is 3.21. The molecule has 0 bridgehead atoms. The average Bonchev–Trinajstić information content (AvgIpc) is 2.13. The Morgan fingerprint density at radius 1 is 1.29 bits per heavy atom. The fourth-order valence-electron chi connectivity index (χ4n) is 2.55. The van der Waals surface area contributed by atoms with E-state index in [1.807, 2.05) is 0 Å². The first-order valence-electron chi connectivity index (χ1n) is 6.93. The molecule has 2 atom stereocenters. The smallest absolute Gasteiger partial charge is 0.0757 e. The second-order valence-corrected chi connectivity index (χ2v) is 6.52. The van der Waals surface area contributed by atoms with Crippen LogP contribution in [0.1, 0.15) is 41.5 Å². The van der Waals surface area contributed by atoms with Gasteiger partial charge in [-0.2, -0.15) is 0 Å². The maximum Gasteiger partial charge on any atom is 0.0757 e. The van der Waals surface area contributed by atoms with Crippen molar-refractivity contribution in [1.82, 2.24) is 10.2 Å². The van der Waals surface area contributed by atoms with E-state index in [4.69, 9.17) is 4.74 Å². The molecule has 1 rings (SSSR count). The highest BCUT2D eigenvalue weighted by molar-refractivity contribution is 4.85. The topological polar surface area (TPSA) is 24.5 Å². The van der Waals surface area contributed by atoms with Gasteiger partial charge in [0.05, 0.1) is 11.7 Å². The molecule has 0 radical (unpaired) electrons. The van der Waals surface area contributed by atoms with Crippen LogP contribution < -0.4 is 5.32 Å². The molecule has 1 fully saturated rings. The summed E-state index contributed by atoms with van der Waals surface area (Å²) < 4.78 is 5.93. The van der Waals surface area contributed by atoms with Crippen molar-refractivity contribution in [2.75, 3.05) is 26.2 Å². The predicted molar refractivity (Wildman–Crippen MR) is 73.4 cm³/mol. The summed E-state index contributed by atoms with van der Waals surface area (Å²) in [6.45, 7) is 17.6. The van der Waals surface area contributed by atoms with Crippen LogP contribution in [0.3, 0.4) is 0 Å². The Morgan fingerprint density at radius 2 is 1.94 bits per heavy atom. The quantitative estimate of drug-likeness (QED) is 0.799. The molecule has 1 aliphatic heterocycles. The maximum atomic E-state index is 5.93. The van der Waals surface area contributed by atoms with Crippen LogP contribution in [0.25, 0.3) is 0 Å². The van der Waals surface area contributed by atoms with Crippen molar-refractivity contribution in [2.45, 2.75) is 59.3 Å². The molecule has 1 saturated heterocycles. The van der Waals surface area contributed by atoms with E-state index in [2.05, 4.69) is 51.8 Å². The lowest BCUT2D eigenvalue weighted by Gasteiger charge is -2.44. The molecule has 1 N–H and O–H groups in total. The maximum absolute atomic E-state index is 5.93. The normalized spacial score (nSPS) is 27.4. The lowest BCUT2D eigenvalue weighted by atomic mass is 10.0. The van der Waals surface area contributed by atoms with E-state index in [9.17, 15) is 0 Å². The lowest BCUT2D eigenvalue weighted by Crippen LogP contribution is -2.56. The molecule has 0 spiro atoms. The largest absolute Gasteiger partial charge is 0.370 e. The molecular weight excluding hydrogens is 212 g/mol. The van der Waals surface area contributed by atoms with Crippen LogP contribution >= 0.6 is 0 Å². The van der Waals surface area contributed by atoms with Gasteiger partial charge in [-0.3, -0.25) is 4.90 Å². The Labute approximate surface area is 107 Å². The van der Waals surface area contributed by atoms with Gasteiger partial charge in [-0.1, -0.05) is 13.8 Å². The van der Waals surface area contributed by atoms with Crippen molar-refractivity contribution in [3.63, 3.8) is 0 Å². The molecule has 3 nitrogen and oxygen atoms in total. The van der Waals surface area contributed by atoms with Gasteiger partial charge in [-0.05, 0) is 40.2 Å². The van der Waals surface area contributed by atoms with E-state index in [1.165, 1.54) is 0 Å². The minimum Gasteiger partial charge on any atom is -0.370 e. The van der Waals surface area contributed by atoms with E-state index in [0.717, 1.165) is 32.1 Å². The van der Waals surface area contributed by atoms with Crippen molar-refractivity contribution in [3.8, 4) is 0 Å². The highest BCUT2D eigenvalue weighted by atomic mass is 16.5. The molecule has 3 heteroatoms. The third kappa shape index (κ3) is 5.36. The van der Waals surface area contributed by atoms with Gasteiger partial charge in [0, 0.05) is 25.7 Å². The summed E-state index contributed by atoms with van der Waals surface area (Å²) >= 11 is 0. The molecule has 0 saturated carbocycles. The predicted octanol–water partition coefficient (Wildman–Crippen LogP) is 2.12. The molecule has 0 aromatic heterocycles. The highest BCUT2D eigenvalue weighted by Crippen LogP contribution is 2.22. The summed E-state index contributed by atoms with van der Waals surface area (Å²) in [4.78, 5) is 2.54. The van der Waals surface area contributed by atoms with Gasteiger partial charge in [0.1, 0.15) is 0 Å². The Balaban J connectivity index is 2.37. The van der Waals surface area contributed by atoms with Crippen molar-refractivity contribution < 1.29 is 4.74 Å². The first-order valence-corrected chi connectivity index (χ1v) is 6.93. The van der Waals surface area contributed by atoms with Crippen molar-refractivity contribution in [3.05, 3.63) is 0 Å². The van der Waals surface area contributed by atoms with Crippen LogP contribution in [-0.4, -0.2) is 48.8 Å². The molecule has 0 aromatic carbocycles. The fraction of sp³-hybridized carbons (Fsp3) is 1.00. The second kappa shape index (κ2) is 6.17. The SMILES string of the molecule is CC(C)CNCC(C)N1CC(C)OC(C)(C)C1. The summed E-state index contributed by atoms with van der Waals surface area (Å²) in [6, 6.07) is 0.583. The Hall–Kier alpha value is -0.120. The average molecular weight is 242 g/mol. The van der Waals surface area contributed by atoms with Gasteiger partial charge in [0.15, 0.2) is 0 Å². The summed E-state index contributed by atoms with van der Waals surface area (Å²) in [5, 5.41) is 3.54. The van der Waals surface area contributed by atoms with Crippen LogP contribution in [0.4, 0.5) is 0 Å². The van der Waals surface area contributed by atoms with Gasteiger partial charge in [0.25, 0.3) is 0 Å². The van der Waals surface area contributed by atoms with Gasteiger partial charge < -0.3 is 10.1 Å². The summed E-state index contributed by atoms with van der Waals surface area (Å²) in [7, 11) is 0. The van der Waals surface area contributed by atoms with E-state index in [-0.39, 0.29) is 5.60 Å². The van der Waals surface area contributed by atoms with E-state index in [1.54, 1.807) is 0 Å². The van der Waals surface area contributed by atoms with Crippen LogP contribution in [-0.2, 0) is 4.74 Å². The number of hydrogen-bond donors (Lipinski definition) is 1. The van der Waals surface area contributed by atoms with E-state index < -0.39 is 0 Å². The standard InChI is InChI=1S/C14H30N2O/c1-11(2)7-15-8-12(3)16-9-13(4)17-14(5,6)10-16/h11-13,15H,7-10H2,1-6H3. The fourth-order valence-corrected chi connectivity index (χ4v) is 2.55. The molecular formula is C14H30N2O. The zero-order valence-corrected chi connectivity index (χ0v) is 12.4. The number of ether oxygens (including phenoxy) is 1. The van der Waals surface area contributed by atoms with Crippen LogP contribution in [0, 0.1) is 5.92 Å². The number of nitrogens with zero attached hydrogens (tertiary/aromatic N) is 1. The minimum absolute atomic E-state index is 0.00995. The van der Waals surface area contributed by atoms with E-state index in [0.29, 0.717) is 12.1 Å². The molecule has 2 unspecified atom stereocenters. The zero-order chi connectivity index (χ0) is 13.1. The molecule has 17 heavy (non-hydrogen) atoms. The van der Waals surface area contributed by atoms with Gasteiger partial charge in [-0.15, -0.1) is 0 Å². The van der Waals surface area contributed by atoms with Crippen molar-refractivity contribution >= 4 is 0 Å². The van der Waals surface area contributed by atoms with Crippen LogP contribution in [0.2, 0.25) is 0 Å². The highest BCUT2D eigenvalue weighted by Gasteiger charge is 2.33. The first-order chi connectivity index (χ1) is 7.80. The first kappa shape index (κ1) is 14.9. The Bertz CT molecular complexity index is 228. The van der Waals surface area contributed by atoms with Crippen LogP contribution in [0.5, 0.6) is 0 Å². The van der Waals surface area contributed by atoms with Crippen molar-refractivity contribution in [1.29, 1.82) is 0 Å². The number of hydrogen-bond acceptors (Lipinski definition) is 3. The number of morpholine rings is 1. The van der Waals surface area contributed by atoms with Crippen molar-refractivity contribution in [2.24, 2.45) is 5.92 Å². The number of rotatable bonds is 5. The molecule has 102 valence electrons. The summed E-state index contributed by atoms with van der Waals surface area (Å²) in [6.07, 6.45) is 0.339. The molecule has 1 heterocycles. The molecule has 0 aliphatic carbocycles. The zero-order valence-electron chi connectivity index (χ0n) is 12.4. The molecule has 0 aromatic rings. The van der Waals surface area contributed by atoms with Gasteiger partial charge in [-0.25, -0.2) is 0 Å². The van der Waals surface area contributed by atoms with E-state index >= 15 is 0 Å².